The largest absolute Gasteiger partial charge is 0.496 e. The zero-order valence-electron chi connectivity index (χ0n) is 20.5. The van der Waals surface area contributed by atoms with Crippen LogP contribution >= 0.6 is 0 Å². The molecule has 1 aromatic carbocycles. The molecule has 2 atom stereocenters. The van der Waals surface area contributed by atoms with Gasteiger partial charge in [-0.15, -0.1) is 0 Å². The lowest BCUT2D eigenvalue weighted by Gasteiger charge is -2.43. The fourth-order valence-corrected chi connectivity index (χ4v) is 4.82. The molecule has 0 aliphatic carbocycles. The molecule has 0 bridgehead atoms. The molecule has 2 aliphatic rings. The van der Waals surface area contributed by atoms with Crippen LogP contribution in [0.5, 0.6) is 5.75 Å². The normalized spacial score (nSPS) is 20.8. The molecule has 9 nitrogen and oxygen atoms in total. The summed E-state index contributed by atoms with van der Waals surface area (Å²) in [6.07, 6.45) is -0.951. The number of hydrogen-bond donors (Lipinski definition) is 2. The van der Waals surface area contributed by atoms with E-state index in [0.717, 1.165) is 22.6 Å². The summed E-state index contributed by atoms with van der Waals surface area (Å²) in [6, 6.07) is 5.61. The minimum Gasteiger partial charge on any atom is -0.496 e. The van der Waals surface area contributed by atoms with Crippen LogP contribution in [-0.2, 0) is 17.9 Å². The molecule has 2 aliphatic heterocycles. The van der Waals surface area contributed by atoms with Gasteiger partial charge in [-0.2, -0.15) is 0 Å². The SMILES string of the molecule is COc1ccc(-c2nc3c(c(N4CCOCC4C)n2)[C@H](C(C)(C)C)CN(C(=O)O)C3)cc1CO. The molecule has 2 N–H and O–H groups in total. The van der Waals surface area contributed by atoms with Gasteiger partial charge in [-0.3, -0.25) is 0 Å². The van der Waals surface area contributed by atoms with Crippen LogP contribution in [0, 0.1) is 5.41 Å². The molecule has 9 heteroatoms. The number of aliphatic hydroxyl groups is 1. The molecule has 0 saturated carbocycles. The van der Waals surface area contributed by atoms with E-state index in [1.165, 1.54) is 4.90 Å². The van der Waals surface area contributed by atoms with Gasteiger partial charge >= 0.3 is 6.09 Å². The van der Waals surface area contributed by atoms with Crippen LogP contribution in [0.25, 0.3) is 11.4 Å². The highest BCUT2D eigenvalue weighted by Gasteiger charge is 2.40. The van der Waals surface area contributed by atoms with Crippen molar-refractivity contribution in [1.29, 1.82) is 0 Å². The highest BCUT2D eigenvalue weighted by atomic mass is 16.5. The Kier molecular flexibility index (Phi) is 6.69. The summed E-state index contributed by atoms with van der Waals surface area (Å²) in [5, 5.41) is 19.6. The summed E-state index contributed by atoms with van der Waals surface area (Å²) in [7, 11) is 1.56. The number of methoxy groups -OCH3 is 1. The zero-order valence-corrected chi connectivity index (χ0v) is 20.5. The van der Waals surface area contributed by atoms with Crippen LogP contribution in [0.3, 0.4) is 0 Å². The summed E-state index contributed by atoms with van der Waals surface area (Å²) in [5.41, 5.74) is 2.95. The number of anilines is 1. The number of amides is 1. The lowest BCUT2D eigenvalue weighted by atomic mass is 9.74. The van der Waals surface area contributed by atoms with Crippen LogP contribution in [0.15, 0.2) is 18.2 Å². The standard InChI is InChI=1S/C25H34N4O5/c1-15-14-34-9-8-29(15)23-21-18(25(2,3)4)11-28(24(31)32)12-19(21)26-22(27-23)16-6-7-20(33-5)17(10-16)13-30/h6-7,10,15,18,30H,8-9,11-14H2,1-5H3,(H,31,32)/t15?,18-/m1/s1. The van der Waals surface area contributed by atoms with Gasteiger partial charge in [0.05, 0.1) is 45.2 Å². The maximum absolute atomic E-state index is 12.0. The van der Waals surface area contributed by atoms with Crippen LogP contribution in [0.2, 0.25) is 0 Å². The van der Waals surface area contributed by atoms with Gasteiger partial charge in [-0.25, -0.2) is 14.8 Å². The van der Waals surface area contributed by atoms with Gasteiger partial charge in [0.15, 0.2) is 5.82 Å². The summed E-state index contributed by atoms with van der Waals surface area (Å²) >= 11 is 0. The third-order valence-corrected chi connectivity index (χ3v) is 6.76. The minimum absolute atomic E-state index is 0.0599. The van der Waals surface area contributed by atoms with E-state index in [9.17, 15) is 15.0 Å². The number of nitrogens with zero attached hydrogens (tertiary/aromatic N) is 4. The molecular weight excluding hydrogens is 436 g/mol. The first-order valence-corrected chi connectivity index (χ1v) is 11.6. The van der Waals surface area contributed by atoms with E-state index in [2.05, 4.69) is 32.6 Å². The number of carbonyl (C=O) groups is 1. The molecule has 1 aromatic heterocycles. The highest BCUT2D eigenvalue weighted by Crippen LogP contribution is 2.45. The molecule has 1 saturated heterocycles. The van der Waals surface area contributed by atoms with Gasteiger partial charge < -0.3 is 29.5 Å². The third kappa shape index (κ3) is 4.54. The van der Waals surface area contributed by atoms with Gasteiger partial charge in [-0.1, -0.05) is 20.8 Å². The van der Waals surface area contributed by atoms with Crippen molar-refractivity contribution in [2.45, 2.75) is 52.8 Å². The third-order valence-electron chi connectivity index (χ3n) is 6.76. The van der Waals surface area contributed by atoms with Crippen LogP contribution in [-0.4, -0.2) is 70.6 Å². The summed E-state index contributed by atoms with van der Waals surface area (Å²) in [4.78, 5) is 25.7. The number of hydrogen-bond acceptors (Lipinski definition) is 7. The van der Waals surface area contributed by atoms with Gasteiger partial charge in [0.25, 0.3) is 0 Å². The van der Waals surface area contributed by atoms with Crippen LogP contribution in [0.1, 0.15) is 50.4 Å². The predicted molar refractivity (Wildman–Crippen MR) is 128 cm³/mol. The monoisotopic (exact) mass is 470 g/mol. The average Bonchev–Trinajstić information content (AvgIpc) is 2.81. The van der Waals surface area contributed by atoms with Gasteiger partial charge in [-0.05, 0) is 30.5 Å². The van der Waals surface area contributed by atoms with Crippen molar-refractivity contribution in [3.63, 3.8) is 0 Å². The van der Waals surface area contributed by atoms with Crippen molar-refractivity contribution in [3.8, 4) is 17.1 Å². The van der Waals surface area contributed by atoms with Crippen molar-refractivity contribution in [1.82, 2.24) is 14.9 Å². The van der Waals surface area contributed by atoms with E-state index in [0.29, 0.717) is 43.4 Å². The lowest BCUT2D eigenvalue weighted by molar-refractivity contribution is 0.0976. The van der Waals surface area contributed by atoms with E-state index in [1.807, 2.05) is 12.1 Å². The Morgan fingerprint density at radius 2 is 2.06 bits per heavy atom. The van der Waals surface area contributed by atoms with Gasteiger partial charge in [0.1, 0.15) is 11.6 Å². The molecular formula is C25H34N4O5. The minimum atomic E-state index is -0.951. The highest BCUT2D eigenvalue weighted by molar-refractivity contribution is 5.68. The maximum atomic E-state index is 12.0. The Labute approximate surface area is 200 Å². The number of ether oxygens (including phenoxy) is 2. The van der Waals surface area contributed by atoms with E-state index in [1.54, 1.807) is 13.2 Å². The molecule has 4 rings (SSSR count). The maximum Gasteiger partial charge on any atom is 0.407 e. The summed E-state index contributed by atoms with van der Waals surface area (Å²) in [5.74, 6) is 1.89. The number of fused-ring (bicyclic) bond motifs is 1. The smallest absolute Gasteiger partial charge is 0.407 e. The van der Waals surface area contributed by atoms with Crippen LogP contribution in [0.4, 0.5) is 10.6 Å². The zero-order chi connectivity index (χ0) is 24.6. The fraction of sp³-hybridized carbons (Fsp3) is 0.560. The number of benzene rings is 1. The molecule has 0 radical (unpaired) electrons. The predicted octanol–water partition coefficient (Wildman–Crippen LogP) is 3.49. The Bertz CT molecular complexity index is 1070. The lowest BCUT2D eigenvalue weighted by Crippen LogP contribution is -2.47. The molecule has 1 unspecified atom stereocenters. The first-order valence-electron chi connectivity index (χ1n) is 11.6. The van der Waals surface area contributed by atoms with E-state index >= 15 is 0 Å². The first-order chi connectivity index (χ1) is 16.1. The molecule has 2 aromatic rings. The molecule has 34 heavy (non-hydrogen) atoms. The number of rotatable bonds is 4. The van der Waals surface area contributed by atoms with Crippen molar-refractivity contribution >= 4 is 11.9 Å². The van der Waals surface area contributed by atoms with E-state index < -0.39 is 6.09 Å². The second-order valence-corrected chi connectivity index (χ2v) is 10.1. The van der Waals surface area contributed by atoms with E-state index in [4.69, 9.17) is 19.4 Å². The fourth-order valence-electron chi connectivity index (χ4n) is 4.82. The number of morpholine rings is 1. The number of aliphatic hydroxyl groups excluding tert-OH is 1. The van der Waals surface area contributed by atoms with Crippen molar-refractivity contribution in [2.24, 2.45) is 5.41 Å². The molecule has 0 spiro atoms. The van der Waals surface area contributed by atoms with Gasteiger partial charge in [0, 0.05) is 35.7 Å². The topological polar surface area (TPSA) is 108 Å². The molecule has 1 amide bonds. The number of aromatic nitrogens is 2. The molecule has 3 heterocycles. The van der Waals surface area contributed by atoms with Crippen molar-refractivity contribution < 1.29 is 24.5 Å². The molecule has 184 valence electrons. The summed E-state index contributed by atoms with van der Waals surface area (Å²) < 4.78 is 11.0. The van der Waals surface area contributed by atoms with Gasteiger partial charge in [0.2, 0.25) is 0 Å². The second kappa shape index (κ2) is 9.38. The molecule has 1 fully saturated rings. The quantitative estimate of drug-likeness (QED) is 0.699. The Balaban J connectivity index is 1.94. The van der Waals surface area contributed by atoms with Crippen molar-refractivity contribution in [2.75, 3.05) is 38.3 Å². The Morgan fingerprint density at radius 3 is 2.68 bits per heavy atom. The first kappa shape index (κ1) is 24.2. The average molecular weight is 471 g/mol. The Morgan fingerprint density at radius 1 is 1.29 bits per heavy atom. The number of carboxylic acid groups (broad SMARTS) is 1. The Hall–Kier alpha value is -2.91. The van der Waals surface area contributed by atoms with Crippen LogP contribution < -0.4 is 9.64 Å². The van der Waals surface area contributed by atoms with Crippen molar-refractivity contribution in [3.05, 3.63) is 35.0 Å². The summed E-state index contributed by atoms with van der Waals surface area (Å²) in [6.45, 7) is 10.9. The second-order valence-electron chi connectivity index (χ2n) is 10.1. The van der Waals surface area contributed by atoms with E-state index in [-0.39, 0.29) is 30.5 Å².